The molecule has 7 heteroatoms. The molecule has 0 aromatic carbocycles. The fourth-order valence-corrected chi connectivity index (χ4v) is 2.67. The monoisotopic (exact) mass is 303 g/mol. The molecule has 1 aliphatic rings. The van der Waals surface area contributed by atoms with Gasteiger partial charge >= 0.3 is 0 Å². The van der Waals surface area contributed by atoms with E-state index in [9.17, 15) is 4.79 Å². The van der Waals surface area contributed by atoms with E-state index in [1.54, 1.807) is 12.3 Å². The Morgan fingerprint density at radius 3 is 2.82 bits per heavy atom. The number of anilines is 1. The van der Waals surface area contributed by atoms with Crippen molar-refractivity contribution in [1.29, 1.82) is 0 Å². The first kappa shape index (κ1) is 14.8. The van der Waals surface area contributed by atoms with Crippen LogP contribution in [0.1, 0.15) is 17.9 Å². The van der Waals surface area contributed by atoms with Gasteiger partial charge in [0.15, 0.2) is 0 Å². The van der Waals surface area contributed by atoms with Gasteiger partial charge in [0.1, 0.15) is 11.5 Å². The maximum atomic E-state index is 12.2. The zero-order chi connectivity index (χ0) is 15.5. The summed E-state index contributed by atoms with van der Waals surface area (Å²) in [7, 11) is 2.12. The molecule has 0 atom stereocenters. The first-order valence-corrected chi connectivity index (χ1v) is 7.55. The standard InChI is InChI=1S/C15H21N5O2/c1-12-8-13(17-22-12)11-20-15(21)9-14(10-16-20)19-5-3-4-18(2)6-7-19/h8-10H,3-7,11H2,1-2H3. The van der Waals surface area contributed by atoms with Gasteiger partial charge in [-0.1, -0.05) is 5.16 Å². The molecule has 0 bridgehead atoms. The molecule has 0 unspecified atom stereocenters. The molecule has 7 nitrogen and oxygen atoms in total. The van der Waals surface area contributed by atoms with Crippen LogP contribution in [0, 0.1) is 6.92 Å². The molecule has 0 spiro atoms. The van der Waals surface area contributed by atoms with Gasteiger partial charge in [-0.3, -0.25) is 4.79 Å². The molecule has 2 aromatic rings. The zero-order valence-corrected chi connectivity index (χ0v) is 13.0. The summed E-state index contributed by atoms with van der Waals surface area (Å²) >= 11 is 0. The molecule has 2 aromatic heterocycles. The summed E-state index contributed by atoms with van der Waals surface area (Å²) in [5.41, 5.74) is 1.49. The van der Waals surface area contributed by atoms with Gasteiger partial charge in [-0.15, -0.1) is 0 Å². The van der Waals surface area contributed by atoms with Gasteiger partial charge in [0.2, 0.25) is 0 Å². The lowest BCUT2D eigenvalue weighted by Crippen LogP contribution is -2.31. The first-order chi connectivity index (χ1) is 10.6. The number of rotatable bonds is 3. The van der Waals surface area contributed by atoms with Crippen molar-refractivity contribution in [3.63, 3.8) is 0 Å². The lowest BCUT2D eigenvalue weighted by atomic mass is 10.3. The Morgan fingerprint density at radius 2 is 2.09 bits per heavy atom. The number of nitrogens with zero attached hydrogens (tertiary/aromatic N) is 5. The number of aryl methyl sites for hydroxylation is 1. The van der Waals surface area contributed by atoms with Gasteiger partial charge in [0, 0.05) is 31.8 Å². The molecule has 0 saturated carbocycles. The predicted molar refractivity (Wildman–Crippen MR) is 83.2 cm³/mol. The van der Waals surface area contributed by atoms with Crippen LogP contribution >= 0.6 is 0 Å². The van der Waals surface area contributed by atoms with Crippen LogP contribution in [-0.2, 0) is 6.54 Å². The summed E-state index contributed by atoms with van der Waals surface area (Å²) in [6, 6.07) is 3.47. The van der Waals surface area contributed by atoms with E-state index in [1.165, 1.54) is 4.68 Å². The van der Waals surface area contributed by atoms with Gasteiger partial charge in [-0.2, -0.15) is 5.10 Å². The molecule has 1 saturated heterocycles. The molecule has 0 aliphatic carbocycles. The van der Waals surface area contributed by atoms with Crippen LogP contribution in [0.3, 0.4) is 0 Å². The zero-order valence-electron chi connectivity index (χ0n) is 13.0. The van der Waals surface area contributed by atoms with Crippen molar-refractivity contribution in [3.8, 4) is 0 Å². The van der Waals surface area contributed by atoms with E-state index in [2.05, 4.69) is 27.1 Å². The molecule has 1 fully saturated rings. The van der Waals surface area contributed by atoms with Crippen LogP contribution in [0.5, 0.6) is 0 Å². The molecular formula is C15H21N5O2. The lowest BCUT2D eigenvalue weighted by molar-refractivity contribution is 0.360. The summed E-state index contributed by atoms with van der Waals surface area (Å²) in [5.74, 6) is 0.730. The third-order valence-corrected chi connectivity index (χ3v) is 3.93. The Balaban J connectivity index is 1.75. The quantitative estimate of drug-likeness (QED) is 0.833. The second-order valence-electron chi connectivity index (χ2n) is 5.78. The van der Waals surface area contributed by atoms with Crippen molar-refractivity contribution < 1.29 is 4.52 Å². The minimum Gasteiger partial charge on any atom is -0.369 e. The third kappa shape index (κ3) is 3.36. The lowest BCUT2D eigenvalue weighted by Gasteiger charge is -2.22. The van der Waals surface area contributed by atoms with Crippen molar-refractivity contribution in [2.75, 3.05) is 38.1 Å². The maximum Gasteiger partial charge on any atom is 0.269 e. The Hall–Kier alpha value is -2.15. The fraction of sp³-hybridized carbons (Fsp3) is 0.533. The predicted octanol–water partition coefficient (Wildman–Crippen LogP) is 0.730. The molecule has 118 valence electrons. The number of hydrogen-bond donors (Lipinski definition) is 0. The second-order valence-corrected chi connectivity index (χ2v) is 5.78. The average molecular weight is 303 g/mol. The largest absolute Gasteiger partial charge is 0.369 e. The van der Waals surface area contributed by atoms with E-state index in [1.807, 2.05) is 13.0 Å². The summed E-state index contributed by atoms with van der Waals surface area (Å²) in [6.45, 7) is 6.13. The van der Waals surface area contributed by atoms with Crippen LogP contribution in [0.25, 0.3) is 0 Å². The molecule has 22 heavy (non-hydrogen) atoms. The summed E-state index contributed by atoms with van der Waals surface area (Å²) in [4.78, 5) is 16.8. The molecule has 0 radical (unpaired) electrons. The highest BCUT2D eigenvalue weighted by atomic mass is 16.5. The second kappa shape index (κ2) is 6.31. The van der Waals surface area contributed by atoms with E-state index in [0.29, 0.717) is 12.2 Å². The highest BCUT2D eigenvalue weighted by Crippen LogP contribution is 2.13. The molecule has 3 rings (SSSR count). The highest BCUT2D eigenvalue weighted by Gasteiger charge is 2.14. The van der Waals surface area contributed by atoms with Crippen LogP contribution in [-0.4, -0.2) is 53.1 Å². The molecular weight excluding hydrogens is 282 g/mol. The van der Waals surface area contributed by atoms with Crippen LogP contribution in [0.4, 0.5) is 5.69 Å². The third-order valence-electron chi connectivity index (χ3n) is 3.93. The minimum absolute atomic E-state index is 0.115. The Labute approximate surface area is 129 Å². The highest BCUT2D eigenvalue weighted by molar-refractivity contribution is 5.43. The molecule has 3 heterocycles. The van der Waals surface area contributed by atoms with E-state index in [-0.39, 0.29) is 5.56 Å². The van der Waals surface area contributed by atoms with E-state index >= 15 is 0 Å². The fourth-order valence-electron chi connectivity index (χ4n) is 2.67. The molecule has 0 amide bonds. The number of hydrogen-bond acceptors (Lipinski definition) is 6. The summed E-state index contributed by atoms with van der Waals surface area (Å²) < 4.78 is 6.42. The molecule has 0 N–H and O–H groups in total. The van der Waals surface area contributed by atoms with Crippen molar-refractivity contribution in [1.82, 2.24) is 19.8 Å². The van der Waals surface area contributed by atoms with E-state index < -0.39 is 0 Å². The van der Waals surface area contributed by atoms with Crippen molar-refractivity contribution in [3.05, 3.63) is 40.1 Å². The Kier molecular flexibility index (Phi) is 4.24. The summed E-state index contributed by atoms with van der Waals surface area (Å²) in [5, 5.41) is 8.17. The SMILES string of the molecule is Cc1cc(Cn2ncc(N3CCCN(C)CC3)cc2=O)no1. The van der Waals surface area contributed by atoms with Gasteiger partial charge in [-0.25, -0.2) is 4.68 Å². The van der Waals surface area contributed by atoms with Gasteiger partial charge in [-0.05, 0) is 26.9 Å². The number of likely N-dealkylation sites (N-methyl/N-ethyl adjacent to an activating group) is 1. The van der Waals surface area contributed by atoms with Crippen LogP contribution < -0.4 is 10.5 Å². The van der Waals surface area contributed by atoms with E-state index in [0.717, 1.165) is 44.0 Å². The van der Waals surface area contributed by atoms with Crippen molar-refractivity contribution in [2.24, 2.45) is 0 Å². The van der Waals surface area contributed by atoms with Crippen molar-refractivity contribution >= 4 is 5.69 Å². The van der Waals surface area contributed by atoms with E-state index in [4.69, 9.17) is 4.52 Å². The maximum absolute atomic E-state index is 12.2. The molecule has 1 aliphatic heterocycles. The van der Waals surface area contributed by atoms with Crippen LogP contribution in [0.2, 0.25) is 0 Å². The number of aromatic nitrogens is 3. The van der Waals surface area contributed by atoms with Gasteiger partial charge < -0.3 is 14.3 Å². The Morgan fingerprint density at radius 1 is 1.23 bits per heavy atom. The smallest absolute Gasteiger partial charge is 0.269 e. The normalized spacial score (nSPS) is 16.7. The first-order valence-electron chi connectivity index (χ1n) is 7.55. The Bertz CT molecular complexity index is 693. The topological polar surface area (TPSA) is 67.4 Å². The average Bonchev–Trinajstić information content (AvgIpc) is 2.77. The van der Waals surface area contributed by atoms with Crippen molar-refractivity contribution in [2.45, 2.75) is 19.9 Å². The summed E-state index contributed by atoms with van der Waals surface area (Å²) in [6.07, 6.45) is 2.86. The van der Waals surface area contributed by atoms with Gasteiger partial charge in [0.25, 0.3) is 5.56 Å². The van der Waals surface area contributed by atoms with Gasteiger partial charge in [0.05, 0.1) is 18.4 Å². The van der Waals surface area contributed by atoms with Crippen LogP contribution in [0.15, 0.2) is 27.6 Å². The minimum atomic E-state index is -0.115.